The van der Waals surface area contributed by atoms with Crippen LogP contribution < -0.4 is 11.1 Å². The van der Waals surface area contributed by atoms with E-state index < -0.39 is 0 Å². The van der Waals surface area contributed by atoms with E-state index in [4.69, 9.17) is 15.7 Å². The molecule has 5 nitrogen and oxygen atoms in total. The summed E-state index contributed by atoms with van der Waals surface area (Å²) in [7, 11) is 0. The summed E-state index contributed by atoms with van der Waals surface area (Å²) in [5.74, 6) is 0.461. The fourth-order valence-corrected chi connectivity index (χ4v) is 3.52. The molecule has 0 radical (unpaired) electrons. The molecule has 2 aromatic heterocycles. The largest absolute Gasteiger partial charge is 0.396 e. The van der Waals surface area contributed by atoms with Crippen LogP contribution in [0.4, 0.5) is 11.4 Å². The fraction of sp³-hybridized carbons (Fsp3) is 0.467. The Labute approximate surface area is 127 Å². The number of ether oxygens (including phenoxy) is 1. The second-order valence-corrected chi connectivity index (χ2v) is 6.28. The molecule has 0 amide bonds. The molecule has 0 spiro atoms. The van der Waals surface area contributed by atoms with E-state index in [0.29, 0.717) is 24.6 Å². The van der Waals surface area contributed by atoms with Gasteiger partial charge in [-0.15, -0.1) is 11.3 Å². The van der Waals surface area contributed by atoms with Crippen molar-refractivity contribution in [3.05, 3.63) is 17.6 Å². The van der Waals surface area contributed by atoms with Crippen molar-refractivity contribution < 1.29 is 4.74 Å². The zero-order chi connectivity index (χ0) is 14.7. The summed E-state index contributed by atoms with van der Waals surface area (Å²) in [6, 6.07) is 4.17. The van der Waals surface area contributed by atoms with Crippen LogP contribution in [0, 0.1) is 17.2 Å². The first-order valence-electron chi connectivity index (χ1n) is 7.12. The number of hydrogen-bond donors (Lipinski definition) is 2. The molecule has 110 valence electrons. The van der Waals surface area contributed by atoms with Gasteiger partial charge < -0.3 is 15.8 Å². The van der Waals surface area contributed by atoms with Gasteiger partial charge in [0.05, 0.1) is 53.0 Å². The lowest BCUT2D eigenvalue weighted by atomic mass is 9.97. The predicted molar refractivity (Wildman–Crippen MR) is 85.2 cm³/mol. The molecule has 21 heavy (non-hydrogen) atoms. The molecule has 2 aromatic rings. The normalized spacial score (nSPS) is 22.0. The number of fused-ring (bicyclic) bond motifs is 1. The van der Waals surface area contributed by atoms with Gasteiger partial charge >= 0.3 is 0 Å². The Morgan fingerprint density at radius 2 is 2.43 bits per heavy atom. The Balaban J connectivity index is 1.61. The van der Waals surface area contributed by atoms with E-state index in [1.54, 1.807) is 17.5 Å². The first kappa shape index (κ1) is 14.1. The highest BCUT2D eigenvalue weighted by Crippen LogP contribution is 2.32. The molecule has 2 atom stereocenters. The molecule has 1 saturated heterocycles. The van der Waals surface area contributed by atoms with E-state index in [-0.39, 0.29) is 6.10 Å². The van der Waals surface area contributed by atoms with Gasteiger partial charge in [-0.1, -0.05) is 0 Å². The highest BCUT2D eigenvalue weighted by atomic mass is 32.1. The Morgan fingerprint density at radius 3 is 3.19 bits per heavy atom. The van der Waals surface area contributed by atoms with Crippen molar-refractivity contribution in [2.24, 2.45) is 5.92 Å². The monoisotopic (exact) mass is 302 g/mol. The molecule has 1 aliphatic heterocycles. The zero-order valence-corrected chi connectivity index (χ0v) is 12.5. The third kappa shape index (κ3) is 3.09. The molecule has 0 saturated carbocycles. The minimum absolute atomic E-state index is 0.112. The second-order valence-electron chi connectivity index (χ2n) is 5.37. The lowest BCUT2D eigenvalue weighted by molar-refractivity contribution is -0.00914. The number of anilines is 2. The number of pyridine rings is 1. The Morgan fingerprint density at radius 1 is 1.52 bits per heavy atom. The summed E-state index contributed by atoms with van der Waals surface area (Å²) in [5.41, 5.74) is 8.68. The zero-order valence-electron chi connectivity index (χ0n) is 11.7. The topological polar surface area (TPSA) is 84.0 Å². The molecular formula is C15H18N4OS. The lowest BCUT2D eigenvalue weighted by Crippen LogP contribution is -2.30. The van der Waals surface area contributed by atoms with Crippen LogP contribution in [0.2, 0.25) is 0 Å². The van der Waals surface area contributed by atoms with Crippen LogP contribution >= 0.6 is 11.3 Å². The van der Waals surface area contributed by atoms with Crippen LogP contribution in [-0.4, -0.2) is 24.2 Å². The quantitative estimate of drug-likeness (QED) is 0.907. The number of hydrogen-bond acceptors (Lipinski definition) is 6. The van der Waals surface area contributed by atoms with Crippen molar-refractivity contribution >= 4 is 32.9 Å². The minimum atomic E-state index is 0.112. The number of nitrogens with zero attached hydrogens (tertiary/aromatic N) is 2. The van der Waals surface area contributed by atoms with Crippen LogP contribution in [0.1, 0.15) is 19.3 Å². The van der Waals surface area contributed by atoms with Crippen molar-refractivity contribution in [3.63, 3.8) is 0 Å². The Kier molecular flexibility index (Phi) is 4.23. The maximum atomic E-state index is 8.69. The van der Waals surface area contributed by atoms with E-state index in [1.807, 2.05) is 11.4 Å². The van der Waals surface area contributed by atoms with Gasteiger partial charge in [-0.05, 0) is 30.2 Å². The van der Waals surface area contributed by atoms with Gasteiger partial charge in [0.1, 0.15) is 0 Å². The second kappa shape index (κ2) is 6.29. The highest BCUT2D eigenvalue weighted by Gasteiger charge is 2.21. The smallest absolute Gasteiger partial charge is 0.0832 e. The third-order valence-corrected chi connectivity index (χ3v) is 4.78. The molecule has 3 rings (SSSR count). The maximum Gasteiger partial charge on any atom is 0.0832 e. The van der Waals surface area contributed by atoms with Gasteiger partial charge in [-0.2, -0.15) is 5.26 Å². The summed E-state index contributed by atoms with van der Waals surface area (Å²) >= 11 is 1.65. The Bertz CT molecular complexity index is 655. The van der Waals surface area contributed by atoms with Gasteiger partial charge in [0.25, 0.3) is 0 Å². The molecular weight excluding hydrogens is 284 g/mol. The third-order valence-electron chi connectivity index (χ3n) is 3.85. The number of nitriles is 1. The average molecular weight is 302 g/mol. The van der Waals surface area contributed by atoms with Gasteiger partial charge in [-0.25, -0.2) is 0 Å². The number of nitrogens with one attached hydrogen (secondary N) is 1. The van der Waals surface area contributed by atoms with Gasteiger partial charge in [0, 0.05) is 6.54 Å². The van der Waals surface area contributed by atoms with Crippen molar-refractivity contribution in [2.75, 3.05) is 24.2 Å². The molecule has 0 unspecified atom stereocenters. The van der Waals surface area contributed by atoms with Crippen molar-refractivity contribution in [3.8, 4) is 6.07 Å². The number of nitrogen functional groups attached to an aromatic ring is 1. The molecule has 3 N–H and O–H groups in total. The van der Waals surface area contributed by atoms with E-state index in [0.717, 1.165) is 35.3 Å². The number of thiophene rings is 1. The minimum Gasteiger partial charge on any atom is -0.396 e. The molecule has 0 aliphatic carbocycles. The number of nitrogens with two attached hydrogens (primary N) is 1. The van der Waals surface area contributed by atoms with Crippen molar-refractivity contribution in [1.29, 1.82) is 5.26 Å². The van der Waals surface area contributed by atoms with Gasteiger partial charge in [0.15, 0.2) is 0 Å². The van der Waals surface area contributed by atoms with Crippen LogP contribution in [0.25, 0.3) is 10.2 Å². The average Bonchev–Trinajstić information content (AvgIpc) is 2.97. The highest BCUT2D eigenvalue weighted by molar-refractivity contribution is 7.17. The molecule has 0 bridgehead atoms. The standard InChI is InChI=1S/C15H18N4OS/c16-5-3-11-2-1-10(9-20-11)7-19-14-12(17)8-18-13-4-6-21-15(13)14/h4,6,8,10-11H,1-3,7,9,17H2,(H,18,19)/t10-,11-/m1/s1. The van der Waals surface area contributed by atoms with E-state index >= 15 is 0 Å². The number of aromatic nitrogens is 1. The van der Waals surface area contributed by atoms with Crippen LogP contribution in [-0.2, 0) is 4.74 Å². The van der Waals surface area contributed by atoms with E-state index in [2.05, 4.69) is 16.4 Å². The van der Waals surface area contributed by atoms with Gasteiger partial charge in [-0.3, -0.25) is 4.98 Å². The van der Waals surface area contributed by atoms with Crippen LogP contribution in [0.3, 0.4) is 0 Å². The van der Waals surface area contributed by atoms with Crippen LogP contribution in [0.15, 0.2) is 17.6 Å². The summed E-state index contributed by atoms with van der Waals surface area (Å²) in [6.07, 6.45) is 4.35. The van der Waals surface area contributed by atoms with Crippen molar-refractivity contribution in [1.82, 2.24) is 4.98 Å². The summed E-state index contributed by atoms with van der Waals surface area (Å²) in [5, 5.41) is 14.2. The molecule has 6 heteroatoms. The maximum absolute atomic E-state index is 8.69. The van der Waals surface area contributed by atoms with Crippen LogP contribution in [0.5, 0.6) is 0 Å². The summed E-state index contributed by atoms with van der Waals surface area (Å²) < 4.78 is 6.82. The van der Waals surface area contributed by atoms with E-state index in [9.17, 15) is 0 Å². The van der Waals surface area contributed by atoms with Crippen molar-refractivity contribution in [2.45, 2.75) is 25.4 Å². The number of rotatable bonds is 4. The first-order chi connectivity index (χ1) is 10.3. The van der Waals surface area contributed by atoms with Gasteiger partial charge in [0.2, 0.25) is 0 Å². The fourth-order valence-electron chi connectivity index (χ4n) is 2.64. The predicted octanol–water partition coefficient (Wildman–Crippen LogP) is 3.00. The summed E-state index contributed by atoms with van der Waals surface area (Å²) in [6.45, 7) is 1.54. The Hall–Kier alpha value is -1.84. The molecule has 1 aliphatic rings. The molecule has 0 aromatic carbocycles. The first-order valence-corrected chi connectivity index (χ1v) is 8.00. The lowest BCUT2D eigenvalue weighted by Gasteiger charge is -2.28. The molecule has 1 fully saturated rings. The van der Waals surface area contributed by atoms with E-state index in [1.165, 1.54) is 0 Å². The SMILES string of the molecule is N#CC[C@H]1CC[C@H](CNc2c(N)cnc3ccsc23)CO1. The summed E-state index contributed by atoms with van der Waals surface area (Å²) in [4.78, 5) is 4.32. The molecule has 3 heterocycles.